The van der Waals surface area contributed by atoms with Gasteiger partial charge in [-0.2, -0.15) is 0 Å². The van der Waals surface area contributed by atoms with Crippen molar-refractivity contribution in [2.45, 2.75) is 32.1 Å². The van der Waals surface area contributed by atoms with Crippen LogP contribution in [-0.2, 0) is 9.53 Å². The zero-order chi connectivity index (χ0) is 7.94. The summed E-state index contributed by atoms with van der Waals surface area (Å²) in [6, 6.07) is 0. The van der Waals surface area contributed by atoms with E-state index in [0.717, 1.165) is 25.7 Å². The Kier molecular flexibility index (Phi) is 3.73. The summed E-state index contributed by atoms with van der Waals surface area (Å²) in [6.45, 7) is 0.586. The van der Waals surface area contributed by atoms with Gasteiger partial charge in [-0.25, -0.2) is 0 Å². The van der Waals surface area contributed by atoms with E-state index in [1.165, 1.54) is 0 Å². The molecule has 0 fully saturated rings. The van der Waals surface area contributed by atoms with Gasteiger partial charge in [0.1, 0.15) is 0 Å². The highest BCUT2D eigenvalue weighted by Gasteiger charge is 2.01. The molecule has 0 bridgehead atoms. The fraction of sp³-hybridized carbons (Fsp3) is 0.667. The van der Waals surface area contributed by atoms with Gasteiger partial charge in [0.2, 0.25) is 0 Å². The number of allylic oxidation sites excluding steroid dienone is 2. The number of esters is 1. The maximum Gasteiger partial charge on any atom is 0.305 e. The molecular weight excluding hydrogens is 140 g/mol. The molecule has 1 heterocycles. The molecule has 0 N–H and O–H groups in total. The molecule has 0 unspecified atom stereocenters. The third-order valence-corrected chi connectivity index (χ3v) is 1.70. The lowest BCUT2D eigenvalue weighted by molar-refractivity contribution is -0.143. The van der Waals surface area contributed by atoms with Crippen LogP contribution in [0.15, 0.2) is 12.2 Å². The molecule has 0 radical (unpaired) electrons. The smallest absolute Gasteiger partial charge is 0.305 e. The molecule has 62 valence electrons. The normalized spacial score (nSPS) is 23.8. The SMILES string of the molecule is O=C1CCC/C=C/CCCO1. The summed E-state index contributed by atoms with van der Waals surface area (Å²) in [4.78, 5) is 10.9. The topological polar surface area (TPSA) is 26.3 Å². The fourth-order valence-electron chi connectivity index (χ4n) is 1.06. The average molecular weight is 154 g/mol. The summed E-state index contributed by atoms with van der Waals surface area (Å²) in [6.07, 6.45) is 8.82. The largest absolute Gasteiger partial charge is 0.466 e. The summed E-state index contributed by atoms with van der Waals surface area (Å²) < 4.78 is 4.95. The van der Waals surface area contributed by atoms with E-state index in [4.69, 9.17) is 4.74 Å². The van der Waals surface area contributed by atoms with Crippen molar-refractivity contribution in [1.82, 2.24) is 0 Å². The van der Waals surface area contributed by atoms with E-state index >= 15 is 0 Å². The Bertz CT molecular complexity index is 150. The van der Waals surface area contributed by atoms with Gasteiger partial charge in [-0.3, -0.25) is 4.79 Å². The Morgan fingerprint density at radius 2 is 1.91 bits per heavy atom. The van der Waals surface area contributed by atoms with Gasteiger partial charge in [-0.15, -0.1) is 0 Å². The number of cyclic esters (lactones) is 1. The third kappa shape index (κ3) is 3.81. The van der Waals surface area contributed by atoms with Crippen molar-refractivity contribution in [2.75, 3.05) is 6.61 Å². The second kappa shape index (κ2) is 4.94. The monoisotopic (exact) mass is 154 g/mol. The second-order valence-electron chi connectivity index (χ2n) is 2.73. The van der Waals surface area contributed by atoms with Gasteiger partial charge in [-0.05, 0) is 25.7 Å². The summed E-state index contributed by atoms with van der Waals surface area (Å²) in [7, 11) is 0. The Morgan fingerprint density at radius 1 is 1.18 bits per heavy atom. The minimum absolute atomic E-state index is 0.0414. The minimum Gasteiger partial charge on any atom is -0.466 e. The maximum absolute atomic E-state index is 10.9. The van der Waals surface area contributed by atoms with E-state index in [1.54, 1.807) is 0 Å². The van der Waals surface area contributed by atoms with E-state index in [9.17, 15) is 4.79 Å². The molecule has 2 nitrogen and oxygen atoms in total. The molecule has 0 atom stereocenters. The van der Waals surface area contributed by atoms with Crippen molar-refractivity contribution in [3.63, 3.8) is 0 Å². The van der Waals surface area contributed by atoms with E-state index in [1.807, 2.05) is 0 Å². The molecule has 1 rings (SSSR count). The van der Waals surface area contributed by atoms with Gasteiger partial charge >= 0.3 is 5.97 Å². The number of hydrogen-bond acceptors (Lipinski definition) is 2. The van der Waals surface area contributed by atoms with Crippen LogP contribution in [0, 0.1) is 0 Å². The molecule has 1 aliphatic heterocycles. The molecule has 0 aliphatic carbocycles. The number of carbonyl (C=O) groups excluding carboxylic acids is 1. The summed E-state index contributed by atoms with van der Waals surface area (Å²) >= 11 is 0. The number of carbonyl (C=O) groups is 1. The molecule has 0 spiro atoms. The Balaban J connectivity index is 2.28. The van der Waals surface area contributed by atoms with E-state index < -0.39 is 0 Å². The highest BCUT2D eigenvalue weighted by Crippen LogP contribution is 2.03. The second-order valence-corrected chi connectivity index (χ2v) is 2.73. The number of hydrogen-bond donors (Lipinski definition) is 0. The predicted octanol–water partition coefficient (Wildman–Crippen LogP) is 2.05. The Morgan fingerprint density at radius 3 is 2.73 bits per heavy atom. The zero-order valence-electron chi connectivity index (χ0n) is 6.71. The zero-order valence-corrected chi connectivity index (χ0v) is 6.71. The van der Waals surface area contributed by atoms with Crippen LogP contribution in [0.2, 0.25) is 0 Å². The van der Waals surface area contributed by atoms with Gasteiger partial charge in [0.15, 0.2) is 0 Å². The van der Waals surface area contributed by atoms with Crippen LogP contribution >= 0.6 is 0 Å². The molecule has 0 saturated heterocycles. The Hall–Kier alpha value is -0.790. The van der Waals surface area contributed by atoms with Gasteiger partial charge in [0.05, 0.1) is 6.61 Å². The van der Waals surface area contributed by atoms with Crippen molar-refractivity contribution in [3.05, 3.63) is 12.2 Å². The molecule has 11 heavy (non-hydrogen) atoms. The van der Waals surface area contributed by atoms with Crippen LogP contribution in [0.25, 0.3) is 0 Å². The van der Waals surface area contributed by atoms with Crippen molar-refractivity contribution >= 4 is 5.97 Å². The molecule has 2 heteroatoms. The van der Waals surface area contributed by atoms with Crippen molar-refractivity contribution in [2.24, 2.45) is 0 Å². The summed E-state index contributed by atoms with van der Waals surface area (Å²) in [5.41, 5.74) is 0. The predicted molar refractivity (Wildman–Crippen MR) is 43.2 cm³/mol. The van der Waals surface area contributed by atoms with Gasteiger partial charge in [0, 0.05) is 6.42 Å². The van der Waals surface area contributed by atoms with Gasteiger partial charge in [0.25, 0.3) is 0 Å². The average Bonchev–Trinajstić information content (AvgIpc) is 2.03. The van der Waals surface area contributed by atoms with Crippen molar-refractivity contribution in [3.8, 4) is 0 Å². The van der Waals surface area contributed by atoms with Crippen LogP contribution in [-0.4, -0.2) is 12.6 Å². The number of rotatable bonds is 0. The first-order valence-corrected chi connectivity index (χ1v) is 4.20. The summed E-state index contributed by atoms with van der Waals surface area (Å²) in [5, 5.41) is 0. The molecule has 0 amide bonds. The first kappa shape index (κ1) is 8.31. The highest BCUT2D eigenvalue weighted by molar-refractivity contribution is 5.69. The first-order valence-electron chi connectivity index (χ1n) is 4.20. The van der Waals surface area contributed by atoms with Crippen molar-refractivity contribution < 1.29 is 9.53 Å². The molecule has 0 aromatic carbocycles. The van der Waals surface area contributed by atoms with Crippen molar-refractivity contribution in [1.29, 1.82) is 0 Å². The quantitative estimate of drug-likeness (QED) is 0.394. The lowest BCUT2D eigenvalue weighted by atomic mass is 10.2. The standard InChI is InChI=1S/C9H14O2/c10-9-7-5-3-1-2-4-6-8-11-9/h1-2H,3-8H2/b2-1+. The van der Waals surface area contributed by atoms with Gasteiger partial charge < -0.3 is 4.74 Å². The van der Waals surface area contributed by atoms with Crippen LogP contribution < -0.4 is 0 Å². The molecule has 1 aliphatic rings. The lowest BCUT2D eigenvalue weighted by Gasteiger charge is -2.04. The van der Waals surface area contributed by atoms with Crippen LogP contribution in [0.4, 0.5) is 0 Å². The molecule has 0 aromatic rings. The Labute approximate surface area is 67.2 Å². The maximum atomic E-state index is 10.9. The van der Waals surface area contributed by atoms with Crippen LogP contribution in [0.1, 0.15) is 32.1 Å². The van der Waals surface area contributed by atoms with E-state index in [-0.39, 0.29) is 5.97 Å². The minimum atomic E-state index is -0.0414. The third-order valence-electron chi connectivity index (χ3n) is 1.70. The highest BCUT2D eigenvalue weighted by atomic mass is 16.5. The first-order chi connectivity index (χ1) is 5.39. The summed E-state index contributed by atoms with van der Waals surface area (Å²) in [5.74, 6) is -0.0414. The van der Waals surface area contributed by atoms with Crippen LogP contribution in [0.5, 0.6) is 0 Å². The molecule has 0 saturated carbocycles. The molecule has 0 aromatic heterocycles. The van der Waals surface area contributed by atoms with E-state index in [2.05, 4.69) is 12.2 Å². The van der Waals surface area contributed by atoms with E-state index in [0.29, 0.717) is 13.0 Å². The van der Waals surface area contributed by atoms with Gasteiger partial charge in [-0.1, -0.05) is 12.2 Å². The lowest BCUT2D eigenvalue weighted by Crippen LogP contribution is -2.05. The number of ether oxygens (including phenoxy) is 1. The fourth-order valence-corrected chi connectivity index (χ4v) is 1.06. The molecular formula is C9H14O2. The van der Waals surface area contributed by atoms with Crippen LogP contribution in [0.3, 0.4) is 0 Å².